The van der Waals surface area contributed by atoms with Crippen molar-refractivity contribution >= 4 is 23.1 Å². The van der Waals surface area contributed by atoms with Gasteiger partial charge >= 0.3 is 5.97 Å². The fourth-order valence-corrected chi connectivity index (χ4v) is 2.64. The Hall–Kier alpha value is -3.33. The maximum absolute atomic E-state index is 12.0. The number of carbonyl (C=O) groups is 1. The molecule has 0 unspecified atom stereocenters. The second-order valence-corrected chi connectivity index (χ2v) is 5.55. The SMILES string of the molecule is COC=C(C(=O)OC)c1ccccc1Oc1nc(-c2cnccn2)ns1. The topological polar surface area (TPSA) is 96.3 Å². The quantitative estimate of drug-likeness (QED) is 0.371. The van der Waals surface area contributed by atoms with E-state index >= 15 is 0 Å². The Morgan fingerprint density at radius 3 is 2.77 bits per heavy atom. The highest BCUT2D eigenvalue weighted by molar-refractivity contribution is 7.07. The molecule has 0 aliphatic rings. The Labute approximate surface area is 153 Å². The lowest BCUT2D eigenvalue weighted by molar-refractivity contribution is -0.133. The van der Waals surface area contributed by atoms with Crippen molar-refractivity contribution in [2.24, 2.45) is 0 Å². The molecule has 0 aliphatic heterocycles. The van der Waals surface area contributed by atoms with Gasteiger partial charge in [-0.15, -0.1) is 0 Å². The number of esters is 1. The number of ether oxygens (including phenoxy) is 3. The Morgan fingerprint density at radius 2 is 2.04 bits per heavy atom. The van der Waals surface area contributed by atoms with Gasteiger partial charge in [0.25, 0.3) is 5.19 Å². The van der Waals surface area contributed by atoms with E-state index in [9.17, 15) is 4.79 Å². The van der Waals surface area contributed by atoms with Gasteiger partial charge in [0.2, 0.25) is 0 Å². The zero-order chi connectivity index (χ0) is 18.4. The number of hydrogen-bond acceptors (Lipinski definition) is 9. The van der Waals surface area contributed by atoms with Crippen LogP contribution in [0.25, 0.3) is 17.1 Å². The smallest absolute Gasteiger partial charge is 0.341 e. The molecular weight excluding hydrogens is 356 g/mol. The maximum Gasteiger partial charge on any atom is 0.341 e. The fourth-order valence-electron chi connectivity index (χ4n) is 2.09. The summed E-state index contributed by atoms with van der Waals surface area (Å²) < 4.78 is 19.8. The van der Waals surface area contributed by atoms with E-state index in [1.807, 2.05) is 0 Å². The summed E-state index contributed by atoms with van der Waals surface area (Å²) in [7, 11) is 2.75. The van der Waals surface area contributed by atoms with E-state index in [1.54, 1.807) is 42.9 Å². The molecule has 0 spiro atoms. The van der Waals surface area contributed by atoms with Gasteiger partial charge in [-0.3, -0.25) is 4.98 Å². The minimum Gasteiger partial charge on any atom is -0.503 e. The molecule has 0 bridgehead atoms. The van der Waals surface area contributed by atoms with Crippen LogP contribution in [0.2, 0.25) is 0 Å². The number of hydrogen-bond donors (Lipinski definition) is 0. The minimum atomic E-state index is -0.541. The van der Waals surface area contributed by atoms with Crippen molar-refractivity contribution in [3.05, 3.63) is 54.7 Å². The molecule has 9 heteroatoms. The molecule has 0 aliphatic carbocycles. The molecule has 0 radical (unpaired) electrons. The fraction of sp³-hybridized carbons (Fsp3) is 0.118. The predicted octanol–water partition coefficient (Wildman–Crippen LogP) is 2.95. The van der Waals surface area contributed by atoms with Crippen LogP contribution in [-0.2, 0) is 14.3 Å². The number of nitrogens with zero attached hydrogens (tertiary/aromatic N) is 4. The molecule has 0 amide bonds. The standard InChI is InChI=1S/C17H14N4O4S/c1-23-10-12(16(22)24-2)11-5-3-4-6-14(11)25-17-20-15(21-26-17)13-9-18-7-8-19-13/h3-10H,1-2H3. The third kappa shape index (κ3) is 3.83. The van der Waals surface area contributed by atoms with Crippen molar-refractivity contribution in [1.29, 1.82) is 0 Å². The Balaban J connectivity index is 1.91. The van der Waals surface area contributed by atoms with Crippen molar-refractivity contribution in [2.45, 2.75) is 0 Å². The first-order chi connectivity index (χ1) is 12.7. The molecular formula is C17H14N4O4S. The molecule has 0 atom stereocenters. The monoisotopic (exact) mass is 370 g/mol. The van der Waals surface area contributed by atoms with Crippen molar-refractivity contribution in [2.75, 3.05) is 14.2 Å². The number of methoxy groups -OCH3 is 2. The van der Waals surface area contributed by atoms with Crippen molar-refractivity contribution in [3.8, 4) is 22.5 Å². The van der Waals surface area contributed by atoms with Crippen LogP contribution in [0.4, 0.5) is 0 Å². The number of benzene rings is 1. The Bertz CT molecular complexity index is 927. The summed E-state index contributed by atoms with van der Waals surface area (Å²) in [5.41, 5.74) is 1.28. The van der Waals surface area contributed by atoms with Gasteiger partial charge in [0.05, 0.1) is 26.7 Å². The molecule has 132 valence electrons. The summed E-state index contributed by atoms with van der Waals surface area (Å²) in [6.07, 6.45) is 6.00. The van der Waals surface area contributed by atoms with Crippen LogP contribution in [0.15, 0.2) is 49.1 Å². The van der Waals surface area contributed by atoms with Crippen LogP contribution in [-0.4, -0.2) is 39.5 Å². The summed E-state index contributed by atoms with van der Waals surface area (Å²) in [5.74, 6) is 0.291. The molecule has 26 heavy (non-hydrogen) atoms. The third-order valence-electron chi connectivity index (χ3n) is 3.22. The van der Waals surface area contributed by atoms with Gasteiger partial charge in [-0.1, -0.05) is 18.2 Å². The van der Waals surface area contributed by atoms with E-state index in [0.29, 0.717) is 28.0 Å². The predicted molar refractivity (Wildman–Crippen MR) is 94.5 cm³/mol. The van der Waals surface area contributed by atoms with E-state index in [-0.39, 0.29) is 5.57 Å². The van der Waals surface area contributed by atoms with E-state index in [4.69, 9.17) is 14.2 Å². The first-order valence-electron chi connectivity index (χ1n) is 7.41. The van der Waals surface area contributed by atoms with E-state index in [2.05, 4.69) is 19.3 Å². The Morgan fingerprint density at radius 1 is 1.19 bits per heavy atom. The summed E-state index contributed by atoms with van der Waals surface area (Å²) >= 11 is 1.07. The number of rotatable bonds is 6. The van der Waals surface area contributed by atoms with Gasteiger partial charge in [0.15, 0.2) is 5.82 Å². The average Bonchev–Trinajstić information content (AvgIpc) is 3.15. The molecule has 0 saturated carbocycles. The number of para-hydroxylation sites is 1. The van der Waals surface area contributed by atoms with Gasteiger partial charge in [0.1, 0.15) is 17.0 Å². The van der Waals surface area contributed by atoms with E-state index in [1.165, 1.54) is 20.5 Å². The second kappa shape index (κ2) is 8.17. The van der Waals surface area contributed by atoms with E-state index < -0.39 is 5.97 Å². The zero-order valence-corrected chi connectivity index (χ0v) is 14.8. The van der Waals surface area contributed by atoms with Crippen LogP contribution in [0.1, 0.15) is 5.56 Å². The maximum atomic E-state index is 12.0. The normalized spacial score (nSPS) is 11.1. The molecule has 2 aromatic heterocycles. The van der Waals surface area contributed by atoms with Crippen LogP contribution in [0.5, 0.6) is 10.9 Å². The summed E-state index contributed by atoms with van der Waals surface area (Å²) in [4.78, 5) is 24.5. The average molecular weight is 370 g/mol. The molecule has 0 saturated heterocycles. The van der Waals surface area contributed by atoms with Crippen LogP contribution in [0.3, 0.4) is 0 Å². The lowest BCUT2D eigenvalue weighted by Gasteiger charge is -2.10. The molecule has 1 aromatic carbocycles. The molecule has 0 N–H and O–H groups in total. The van der Waals surface area contributed by atoms with Crippen LogP contribution < -0.4 is 4.74 Å². The highest BCUT2D eigenvalue weighted by Gasteiger charge is 2.19. The Kier molecular flexibility index (Phi) is 5.49. The summed E-state index contributed by atoms with van der Waals surface area (Å²) in [6.45, 7) is 0. The first kappa shape index (κ1) is 17.5. The minimum absolute atomic E-state index is 0.226. The van der Waals surface area contributed by atoms with Crippen LogP contribution in [0, 0.1) is 0 Å². The molecule has 2 heterocycles. The lowest BCUT2D eigenvalue weighted by atomic mass is 10.1. The first-order valence-corrected chi connectivity index (χ1v) is 8.19. The molecule has 0 fully saturated rings. The highest BCUT2D eigenvalue weighted by atomic mass is 32.1. The van der Waals surface area contributed by atoms with Gasteiger partial charge in [0, 0.05) is 29.5 Å². The largest absolute Gasteiger partial charge is 0.503 e. The zero-order valence-electron chi connectivity index (χ0n) is 13.9. The third-order valence-corrected chi connectivity index (χ3v) is 3.81. The number of carbonyl (C=O) groups excluding carboxylic acids is 1. The van der Waals surface area contributed by atoms with Gasteiger partial charge in [-0.05, 0) is 6.07 Å². The van der Waals surface area contributed by atoms with Crippen molar-refractivity contribution in [3.63, 3.8) is 0 Å². The number of aromatic nitrogens is 4. The van der Waals surface area contributed by atoms with Gasteiger partial charge < -0.3 is 14.2 Å². The lowest BCUT2D eigenvalue weighted by Crippen LogP contribution is -2.05. The second-order valence-electron chi connectivity index (χ2n) is 4.83. The van der Waals surface area contributed by atoms with E-state index in [0.717, 1.165) is 11.5 Å². The highest BCUT2D eigenvalue weighted by Crippen LogP contribution is 2.32. The summed E-state index contributed by atoms with van der Waals surface area (Å²) in [6, 6.07) is 7.00. The van der Waals surface area contributed by atoms with Crippen molar-refractivity contribution < 1.29 is 19.0 Å². The van der Waals surface area contributed by atoms with Crippen molar-refractivity contribution in [1.82, 2.24) is 19.3 Å². The van der Waals surface area contributed by atoms with Gasteiger partial charge in [-0.2, -0.15) is 9.36 Å². The summed E-state index contributed by atoms with van der Waals surface area (Å²) in [5, 5.41) is 0.305. The molecule has 8 nitrogen and oxygen atoms in total. The van der Waals surface area contributed by atoms with Crippen LogP contribution >= 0.6 is 11.5 Å². The molecule has 3 rings (SSSR count). The molecule has 3 aromatic rings. The van der Waals surface area contributed by atoms with Gasteiger partial charge in [-0.25, -0.2) is 9.78 Å².